The molecule has 0 aliphatic carbocycles. The van der Waals surface area contributed by atoms with Crippen LogP contribution in [0.3, 0.4) is 0 Å². The molecule has 9 nitrogen and oxygen atoms in total. The summed E-state index contributed by atoms with van der Waals surface area (Å²) in [6.45, 7) is 5.14. The number of rotatable bonds is 6. The van der Waals surface area contributed by atoms with Crippen LogP contribution in [0.4, 0.5) is 11.5 Å². The molecule has 0 saturated heterocycles. The summed E-state index contributed by atoms with van der Waals surface area (Å²) in [6.07, 6.45) is 1.15. The number of anilines is 1. The topological polar surface area (TPSA) is 116 Å². The van der Waals surface area contributed by atoms with E-state index < -0.39 is 28.1 Å². The van der Waals surface area contributed by atoms with Crippen LogP contribution in [0.5, 0.6) is 0 Å². The first-order chi connectivity index (χ1) is 11.3. The van der Waals surface area contributed by atoms with E-state index in [4.69, 9.17) is 4.74 Å². The number of carbonyl (C=O) groups excluding carboxylic acids is 1. The first-order valence-electron chi connectivity index (χ1n) is 7.41. The molecular weight excluding hydrogens is 316 g/mol. The van der Waals surface area contributed by atoms with Crippen LogP contribution in [-0.4, -0.2) is 32.9 Å². The summed E-state index contributed by atoms with van der Waals surface area (Å²) < 4.78 is 6.17. The maximum absolute atomic E-state index is 12.3. The first kappa shape index (κ1) is 17.4. The number of ether oxygens (including phenoxy) is 1. The molecule has 9 heteroatoms. The van der Waals surface area contributed by atoms with Crippen molar-refractivity contribution in [3.05, 3.63) is 44.9 Å². The summed E-state index contributed by atoms with van der Waals surface area (Å²) in [4.78, 5) is 38.6. The SMILES string of the molecule is CC(C)OC(=O)C(C)CNc1nc2ccccn2c(=O)c1[N+](=O)[O-]. The minimum atomic E-state index is -0.787. The molecule has 0 aliphatic rings. The zero-order valence-corrected chi connectivity index (χ0v) is 13.6. The Morgan fingerprint density at radius 2 is 2.12 bits per heavy atom. The Morgan fingerprint density at radius 1 is 1.42 bits per heavy atom. The third-order valence-electron chi connectivity index (χ3n) is 3.22. The third-order valence-corrected chi connectivity index (χ3v) is 3.22. The molecule has 1 atom stereocenters. The lowest BCUT2D eigenvalue weighted by Gasteiger charge is -2.15. The Kier molecular flexibility index (Phi) is 5.12. The lowest BCUT2D eigenvalue weighted by molar-refractivity contribution is -0.385. The minimum Gasteiger partial charge on any atom is -0.463 e. The average Bonchev–Trinajstić information content (AvgIpc) is 2.51. The average molecular weight is 334 g/mol. The van der Waals surface area contributed by atoms with Gasteiger partial charge in [0.1, 0.15) is 5.65 Å². The number of fused-ring (bicyclic) bond motifs is 1. The Labute approximate surface area is 137 Å². The van der Waals surface area contributed by atoms with Gasteiger partial charge in [-0.15, -0.1) is 0 Å². The van der Waals surface area contributed by atoms with Gasteiger partial charge in [0.25, 0.3) is 0 Å². The van der Waals surface area contributed by atoms with Gasteiger partial charge in [-0.25, -0.2) is 4.98 Å². The van der Waals surface area contributed by atoms with Gasteiger partial charge in [0.2, 0.25) is 5.82 Å². The number of hydrogen-bond donors (Lipinski definition) is 1. The Hall–Kier alpha value is -2.97. The van der Waals surface area contributed by atoms with Gasteiger partial charge in [-0.1, -0.05) is 13.0 Å². The highest BCUT2D eigenvalue weighted by Gasteiger charge is 2.24. The molecule has 2 aromatic rings. The molecule has 2 heterocycles. The molecule has 1 unspecified atom stereocenters. The van der Waals surface area contributed by atoms with Crippen molar-refractivity contribution in [2.24, 2.45) is 5.92 Å². The molecule has 128 valence electrons. The van der Waals surface area contributed by atoms with Crippen LogP contribution in [0.2, 0.25) is 0 Å². The van der Waals surface area contributed by atoms with Gasteiger partial charge in [-0.2, -0.15) is 0 Å². The quantitative estimate of drug-likeness (QED) is 0.484. The molecule has 1 N–H and O–H groups in total. The summed E-state index contributed by atoms with van der Waals surface area (Å²) in [5, 5.41) is 13.9. The maximum Gasteiger partial charge on any atom is 0.376 e. The highest BCUT2D eigenvalue weighted by molar-refractivity contribution is 5.73. The molecule has 0 spiro atoms. The monoisotopic (exact) mass is 334 g/mol. The maximum atomic E-state index is 12.3. The van der Waals surface area contributed by atoms with Crippen molar-refractivity contribution in [3.8, 4) is 0 Å². The molecule has 0 saturated carbocycles. The fraction of sp³-hybridized carbons (Fsp3) is 0.400. The standard InChI is InChI=1S/C15H18N4O5/c1-9(2)24-15(21)10(3)8-16-13-12(19(22)23)14(20)18-7-5-4-6-11(18)17-13/h4-7,9-10,16H,8H2,1-3H3. The lowest BCUT2D eigenvalue weighted by atomic mass is 10.2. The second-order valence-corrected chi connectivity index (χ2v) is 5.57. The van der Waals surface area contributed by atoms with Crippen molar-refractivity contribution in [1.29, 1.82) is 0 Å². The Morgan fingerprint density at radius 3 is 2.75 bits per heavy atom. The van der Waals surface area contributed by atoms with Crippen LogP contribution >= 0.6 is 0 Å². The van der Waals surface area contributed by atoms with E-state index in [1.54, 1.807) is 39.0 Å². The first-order valence-corrected chi connectivity index (χ1v) is 7.41. The second kappa shape index (κ2) is 7.07. The largest absolute Gasteiger partial charge is 0.463 e. The van der Waals surface area contributed by atoms with E-state index in [2.05, 4.69) is 10.3 Å². The van der Waals surface area contributed by atoms with Crippen molar-refractivity contribution in [2.75, 3.05) is 11.9 Å². The van der Waals surface area contributed by atoms with Gasteiger partial charge in [0.05, 0.1) is 16.9 Å². The van der Waals surface area contributed by atoms with Crippen LogP contribution in [0.1, 0.15) is 20.8 Å². The molecule has 0 aliphatic heterocycles. The summed E-state index contributed by atoms with van der Waals surface area (Å²) in [5.74, 6) is -1.15. The fourth-order valence-electron chi connectivity index (χ4n) is 2.05. The Bertz CT molecular complexity index is 830. The number of carbonyl (C=O) groups is 1. The molecule has 0 fully saturated rings. The van der Waals surface area contributed by atoms with E-state index in [0.717, 1.165) is 4.40 Å². The van der Waals surface area contributed by atoms with Gasteiger partial charge in [0, 0.05) is 12.7 Å². The van der Waals surface area contributed by atoms with Crippen LogP contribution in [0, 0.1) is 16.0 Å². The van der Waals surface area contributed by atoms with E-state index in [9.17, 15) is 19.7 Å². The molecule has 0 aromatic carbocycles. The predicted octanol–water partition coefficient (Wildman–Crippen LogP) is 1.60. The fourth-order valence-corrected chi connectivity index (χ4v) is 2.05. The van der Waals surface area contributed by atoms with Crippen LogP contribution in [0.15, 0.2) is 29.2 Å². The van der Waals surface area contributed by atoms with E-state index >= 15 is 0 Å². The van der Waals surface area contributed by atoms with Crippen molar-refractivity contribution < 1.29 is 14.5 Å². The molecule has 0 bridgehead atoms. The van der Waals surface area contributed by atoms with Gasteiger partial charge in [-0.05, 0) is 26.0 Å². The number of nitro groups is 1. The van der Waals surface area contributed by atoms with Crippen molar-refractivity contribution in [2.45, 2.75) is 26.9 Å². The van der Waals surface area contributed by atoms with Gasteiger partial charge < -0.3 is 10.1 Å². The Balaban J connectivity index is 2.31. The predicted molar refractivity (Wildman–Crippen MR) is 87.0 cm³/mol. The summed E-state index contributed by atoms with van der Waals surface area (Å²) in [5.41, 5.74) is -1.18. The van der Waals surface area contributed by atoms with E-state index in [1.807, 2.05) is 0 Å². The zero-order chi connectivity index (χ0) is 17.9. The van der Waals surface area contributed by atoms with E-state index in [-0.39, 0.29) is 24.1 Å². The number of nitrogens with one attached hydrogen (secondary N) is 1. The van der Waals surface area contributed by atoms with Crippen molar-refractivity contribution >= 4 is 23.1 Å². The highest BCUT2D eigenvalue weighted by atomic mass is 16.6. The lowest BCUT2D eigenvalue weighted by Crippen LogP contribution is -2.27. The normalized spacial score (nSPS) is 12.2. The summed E-state index contributed by atoms with van der Waals surface area (Å²) >= 11 is 0. The third kappa shape index (κ3) is 3.67. The molecule has 2 rings (SSSR count). The molecule has 24 heavy (non-hydrogen) atoms. The molecule has 0 radical (unpaired) electrons. The number of hydrogen-bond acceptors (Lipinski definition) is 7. The second-order valence-electron chi connectivity index (χ2n) is 5.57. The van der Waals surface area contributed by atoms with Gasteiger partial charge in [-0.3, -0.25) is 24.1 Å². The van der Waals surface area contributed by atoms with Crippen molar-refractivity contribution in [1.82, 2.24) is 9.38 Å². The molecule has 2 aromatic heterocycles. The molecule has 0 amide bonds. The van der Waals surface area contributed by atoms with E-state index in [0.29, 0.717) is 0 Å². The molecular formula is C15H18N4O5. The number of esters is 1. The minimum absolute atomic E-state index is 0.0574. The van der Waals surface area contributed by atoms with Crippen molar-refractivity contribution in [3.63, 3.8) is 0 Å². The summed E-state index contributed by atoms with van der Waals surface area (Å²) in [7, 11) is 0. The number of nitrogens with zero attached hydrogens (tertiary/aromatic N) is 3. The van der Waals surface area contributed by atoms with Crippen LogP contribution in [0.25, 0.3) is 5.65 Å². The smallest absolute Gasteiger partial charge is 0.376 e. The van der Waals surface area contributed by atoms with Gasteiger partial charge >= 0.3 is 17.2 Å². The number of aromatic nitrogens is 2. The highest BCUT2D eigenvalue weighted by Crippen LogP contribution is 2.18. The van der Waals surface area contributed by atoms with Crippen LogP contribution in [-0.2, 0) is 9.53 Å². The van der Waals surface area contributed by atoms with Crippen LogP contribution < -0.4 is 10.9 Å². The van der Waals surface area contributed by atoms with E-state index in [1.165, 1.54) is 6.20 Å². The number of pyridine rings is 1. The van der Waals surface area contributed by atoms with Gasteiger partial charge in [0.15, 0.2) is 0 Å². The zero-order valence-electron chi connectivity index (χ0n) is 13.6. The summed E-state index contributed by atoms with van der Waals surface area (Å²) in [6, 6.07) is 4.81.